The van der Waals surface area contributed by atoms with Crippen molar-refractivity contribution in [3.05, 3.63) is 0 Å². The van der Waals surface area contributed by atoms with Crippen molar-refractivity contribution in [3.8, 4) is 0 Å². The summed E-state index contributed by atoms with van der Waals surface area (Å²) in [4.78, 5) is 0. The molecule has 3 unspecified atom stereocenters. The van der Waals surface area contributed by atoms with Gasteiger partial charge in [0.25, 0.3) is 0 Å². The lowest BCUT2D eigenvalue weighted by molar-refractivity contribution is 0.0114. The SMILES string of the molecule is CCCCC(C)NC1CCOC(C)C1. The minimum atomic E-state index is 0.444. The van der Waals surface area contributed by atoms with Crippen molar-refractivity contribution in [1.29, 1.82) is 0 Å². The Balaban J connectivity index is 2.15. The fourth-order valence-electron chi connectivity index (χ4n) is 2.15. The zero-order chi connectivity index (χ0) is 10.4. The van der Waals surface area contributed by atoms with E-state index in [9.17, 15) is 0 Å². The first kappa shape index (κ1) is 12.0. The highest BCUT2D eigenvalue weighted by atomic mass is 16.5. The smallest absolute Gasteiger partial charge is 0.0561 e. The van der Waals surface area contributed by atoms with E-state index in [1.807, 2.05) is 0 Å². The molecule has 0 saturated carbocycles. The third-order valence-corrected chi connectivity index (χ3v) is 3.00. The summed E-state index contributed by atoms with van der Waals surface area (Å²) in [5, 5.41) is 3.70. The second kappa shape index (κ2) is 6.41. The molecule has 2 nitrogen and oxygen atoms in total. The Morgan fingerprint density at radius 1 is 1.50 bits per heavy atom. The summed E-state index contributed by atoms with van der Waals surface area (Å²) in [6.07, 6.45) is 6.75. The van der Waals surface area contributed by atoms with Crippen molar-refractivity contribution in [3.63, 3.8) is 0 Å². The fraction of sp³-hybridized carbons (Fsp3) is 1.00. The third-order valence-electron chi connectivity index (χ3n) is 3.00. The zero-order valence-electron chi connectivity index (χ0n) is 9.88. The van der Waals surface area contributed by atoms with Gasteiger partial charge in [-0.1, -0.05) is 19.8 Å². The van der Waals surface area contributed by atoms with Crippen LogP contribution in [0.2, 0.25) is 0 Å². The molecule has 84 valence electrons. The van der Waals surface area contributed by atoms with Crippen LogP contribution in [0.1, 0.15) is 52.9 Å². The van der Waals surface area contributed by atoms with Gasteiger partial charge in [0.1, 0.15) is 0 Å². The van der Waals surface area contributed by atoms with Crippen molar-refractivity contribution in [1.82, 2.24) is 5.32 Å². The minimum absolute atomic E-state index is 0.444. The summed E-state index contributed by atoms with van der Waals surface area (Å²) < 4.78 is 5.53. The van der Waals surface area contributed by atoms with Crippen LogP contribution in [0, 0.1) is 0 Å². The number of rotatable bonds is 5. The molecule has 0 aromatic carbocycles. The fourth-order valence-corrected chi connectivity index (χ4v) is 2.15. The van der Waals surface area contributed by atoms with E-state index in [1.165, 1.54) is 32.1 Å². The largest absolute Gasteiger partial charge is 0.378 e. The van der Waals surface area contributed by atoms with Crippen LogP contribution < -0.4 is 5.32 Å². The number of hydrogen-bond donors (Lipinski definition) is 1. The van der Waals surface area contributed by atoms with Crippen molar-refractivity contribution in [2.24, 2.45) is 0 Å². The van der Waals surface area contributed by atoms with Crippen molar-refractivity contribution in [2.45, 2.75) is 71.1 Å². The summed E-state index contributed by atoms with van der Waals surface area (Å²) in [6, 6.07) is 1.36. The van der Waals surface area contributed by atoms with Gasteiger partial charge in [-0.05, 0) is 33.1 Å². The molecule has 0 aromatic rings. The van der Waals surface area contributed by atoms with Crippen LogP contribution in [0.25, 0.3) is 0 Å². The van der Waals surface area contributed by atoms with Crippen LogP contribution >= 0.6 is 0 Å². The van der Waals surface area contributed by atoms with Gasteiger partial charge >= 0.3 is 0 Å². The summed E-state index contributed by atoms with van der Waals surface area (Å²) in [7, 11) is 0. The number of hydrogen-bond acceptors (Lipinski definition) is 2. The lowest BCUT2D eigenvalue weighted by Crippen LogP contribution is -2.42. The third kappa shape index (κ3) is 4.43. The van der Waals surface area contributed by atoms with Gasteiger partial charge in [-0.25, -0.2) is 0 Å². The van der Waals surface area contributed by atoms with Crippen LogP contribution in [0.4, 0.5) is 0 Å². The molecular formula is C12H25NO. The predicted molar refractivity (Wildman–Crippen MR) is 60.6 cm³/mol. The molecule has 0 radical (unpaired) electrons. The van der Waals surface area contributed by atoms with Gasteiger partial charge in [-0.2, -0.15) is 0 Å². The molecule has 0 amide bonds. The number of nitrogens with one attached hydrogen (secondary N) is 1. The topological polar surface area (TPSA) is 21.3 Å². The second-order valence-corrected chi connectivity index (χ2v) is 4.61. The molecule has 1 fully saturated rings. The monoisotopic (exact) mass is 199 g/mol. The summed E-state index contributed by atoms with van der Waals surface area (Å²) >= 11 is 0. The zero-order valence-corrected chi connectivity index (χ0v) is 9.88. The van der Waals surface area contributed by atoms with Gasteiger partial charge in [-0.15, -0.1) is 0 Å². The maximum Gasteiger partial charge on any atom is 0.0561 e. The highest BCUT2D eigenvalue weighted by Crippen LogP contribution is 2.14. The van der Waals surface area contributed by atoms with Crippen LogP contribution in [0.5, 0.6) is 0 Å². The first-order chi connectivity index (χ1) is 6.72. The molecule has 1 N–H and O–H groups in total. The van der Waals surface area contributed by atoms with Crippen molar-refractivity contribution >= 4 is 0 Å². The van der Waals surface area contributed by atoms with E-state index in [1.54, 1.807) is 0 Å². The first-order valence-electron chi connectivity index (χ1n) is 6.10. The van der Waals surface area contributed by atoms with Crippen LogP contribution in [0.15, 0.2) is 0 Å². The summed E-state index contributed by atoms with van der Waals surface area (Å²) in [6.45, 7) is 7.66. The Bertz CT molecular complexity index is 149. The van der Waals surface area contributed by atoms with Gasteiger partial charge in [0.05, 0.1) is 6.10 Å². The van der Waals surface area contributed by atoms with Crippen LogP contribution in [-0.4, -0.2) is 24.8 Å². The lowest BCUT2D eigenvalue weighted by atomic mass is 10.0. The summed E-state index contributed by atoms with van der Waals surface area (Å²) in [5.41, 5.74) is 0. The second-order valence-electron chi connectivity index (χ2n) is 4.61. The molecule has 1 aliphatic heterocycles. The van der Waals surface area contributed by atoms with E-state index in [-0.39, 0.29) is 0 Å². The quantitative estimate of drug-likeness (QED) is 0.735. The van der Waals surface area contributed by atoms with Gasteiger partial charge in [0.15, 0.2) is 0 Å². The van der Waals surface area contributed by atoms with E-state index in [0.29, 0.717) is 18.2 Å². The molecule has 0 aromatic heterocycles. The minimum Gasteiger partial charge on any atom is -0.378 e. The molecule has 1 heterocycles. The molecule has 1 saturated heterocycles. The number of ether oxygens (including phenoxy) is 1. The van der Waals surface area contributed by atoms with Crippen LogP contribution in [0.3, 0.4) is 0 Å². The average Bonchev–Trinajstić information content (AvgIpc) is 2.15. The van der Waals surface area contributed by atoms with E-state index in [0.717, 1.165) is 6.61 Å². The standard InChI is InChI=1S/C12H25NO/c1-4-5-6-10(2)13-12-7-8-14-11(3)9-12/h10-13H,4-9H2,1-3H3. The van der Waals surface area contributed by atoms with Crippen molar-refractivity contribution in [2.75, 3.05) is 6.61 Å². The lowest BCUT2D eigenvalue weighted by Gasteiger charge is -2.30. The van der Waals surface area contributed by atoms with Gasteiger partial charge in [0.2, 0.25) is 0 Å². The Hall–Kier alpha value is -0.0800. The molecule has 0 spiro atoms. The van der Waals surface area contributed by atoms with Gasteiger partial charge in [-0.3, -0.25) is 0 Å². The Morgan fingerprint density at radius 2 is 2.29 bits per heavy atom. The molecule has 2 heteroatoms. The average molecular weight is 199 g/mol. The number of unbranched alkanes of at least 4 members (excludes halogenated alkanes) is 1. The van der Waals surface area contributed by atoms with Crippen LogP contribution in [-0.2, 0) is 4.74 Å². The van der Waals surface area contributed by atoms with Crippen molar-refractivity contribution < 1.29 is 4.74 Å². The predicted octanol–water partition coefficient (Wildman–Crippen LogP) is 2.72. The highest BCUT2D eigenvalue weighted by molar-refractivity contribution is 4.77. The molecule has 0 aliphatic carbocycles. The summed E-state index contributed by atoms with van der Waals surface area (Å²) in [5.74, 6) is 0. The molecular weight excluding hydrogens is 174 g/mol. The molecule has 3 atom stereocenters. The Morgan fingerprint density at radius 3 is 2.93 bits per heavy atom. The first-order valence-corrected chi connectivity index (χ1v) is 6.10. The normalized spacial score (nSPS) is 30.2. The highest BCUT2D eigenvalue weighted by Gasteiger charge is 2.19. The molecule has 14 heavy (non-hydrogen) atoms. The Labute approximate surface area is 88.4 Å². The maximum absolute atomic E-state index is 5.53. The van der Waals surface area contributed by atoms with E-state index < -0.39 is 0 Å². The van der Waals surface area contributed by atoms with E-state index in [4.69, 9.17) is 4.74 Å². The molecule has 0 bridgehead atoms. The molecule has 1 aliphatic rings. The van der Waals surface area contributed by atoms with Gasteiger partial charge < -0.3 is 10.1 Å². The van der Waals surface area contributed by atoms with E-state index in [2.05, 4.69) is 26.1 Å². The maximum atomic E-state index is 5.53. The van der Waals surface area contributed by atoms with Gasteiger partial charge in [0, 0.05) is 18.7 Å². The molecule has 1 rings (SSSR count). The van der Waals surface area contributed by atoms with E-state index >= 15 is 0 Å². The Kier molecular flexibility index (Phi) is 5.49.